The number of hydrogen-bond acceptors (Lipinski definition) is 6. The average Bonchev–Trinajstić information content (AvgIpc) is 2.96. The van der Waals surface area contributed by atoms with Crippen LogP contribution in [0.4, 0.5) is 0 Å². The highest BCUT2D eigenvalue weighted by Crippen LogP contribution is 2.45. The monoisotopic (exact) mass is 376 g/mol. The Bertz CT molecular complexity index is 795. The van der Waals surface area contributed by atoms with E-state index in [4.69, 9.17) is 4.74 Å². The molecule has 140 valence electrons. The van der Waals surface area contributed by atoms with E-state index in [1.54, 1.807) is 6.92 Å². The zero-order chi connectivity index (χ0) is 18.8. The highest BCUT2D eigenvalue weighted by molar-refractivity contribution is 7.53. The molecule has 3 N–H and O–H groups in total. The first-order valence-electron chi connectivity index (χ1n) is 7.82. The zero-order valence-corrected chi connectivity index (χ0v) is 14.8. The van der Waals surface area contributed by atoms with Gasteiger partial charge in [-0.15, -0.1) is 0 Å². The Morgan fingerprint density at radius 1 is 1.44 bits per heavy atom. The van der Waals surface area contributed by atoms with Gasteiger partial charge in [0.1, 0.15) is 0 Å². The van der Waals surface area contributed by atoms with Crippen molar-refractivity contribution in [1.29, 1.82) is 0 Å². The minimum Gasteiger partial charge on any atom is -0.464 e. The second-order valence-electron chi connectivity index (χ2n) is 5.90. The van der Waals surface area contributed by atoms with Gasteiger partial charge in [-0.3, -0.25) is 18.9 Å². The lowest BCUT2D eigenvalue weighted by molar-refractivity contribution is -0.154. The topological polar surface area (TPSA) is 148 Å². The number of rotatable bonds is 6. The van der Waals surface area contributed by atoms with Crippen LogP contribution in [0.25, 0.3) is 0 Å². The van der Waals surface area contributed by atoms with E-state index < -0.39 is 36.8 Å². The maximum absolute atomic E-state index is 11.9. The predicted octanol–water partition coefficient (Wildman–Crippen LogP) is 0.0221. The van der Waals surface area contributed by atoms with E-state index in [0.29, 0.717) is 18.4 Å². The summed E-state index contributed by atoms with van der Waals surface area (Å²) in [5, 5.41) is 0. The Labute approximate surface area is 142 Å². The number of ether oxygens (including phenoxy) is 2. The molecule has 0 aliphatic heterocycles. The first kappa shape index (κ1) is 19.6. The van der Waals surface area contributed by atoms with E-state index in [9.17, 15) is 28.7 Å². The van der Waals surface area contributed by atoms with Gasteiger partial charge in [0.15, 0.2) is 0 Å². The number of H-pyrrole nitrogens is 1. The lowest BCUT2D eigenvalue weighted by Crippen LogP contribution is -2.33. The number of nitrogens with one attached hydrogen (secondary N) is 1. The second-order valence-corrected chi connectivity index (χ2v) is 7.54. The summed E-state index contributed by atoms with van der Waals surface area (Å²) in [6.07, 6.45) is 2.02. The molecule has 1 fully saturated rings. The lowest BCUT2D eigenvalue weighted by atomic mass is 10.2. The summed E-state index contributed by atoms with van der Waals surface area (Å²) in [5.74, 6) is -3.10. The van der Waals surface area contributed by atoms with Gasteiger partial charge in [-0.1, -0.05) is 0 Å². The van der Waals surface area contributed by atoms with Crippen LogP contribution >= 0.6 is 7.60 Å². The summed E-state index contributed by atoms with van der Waals surface area (Å²) in [5.41, 5.74) is -0.641. The number of esters is 1. The maximum Gasteiger partial charge on any atom is 0.365 e. The summed E-state index contributed by atoms with van der Waals surface area (Å²) < 4.78 is 22.8. The molecule has 10 nitrogen and oxygen atoms in total. The van der Waals surface area contributed by atoms with E-state index in [0.717, 1.165) is 0 Å². The Balaban J connectivity index is 2.13. The third-order valence-corrected chi connectivity index (χ3v) is 4.95. The van der Waals surface area contributed by atoms with E-state index >= 15 is 0 Å². The van der Waals surface area contributed by atoms with Crippen LogP contribution in [-0.4, -0.2) is 43.9 Å². The number of nitrogens with zero attached hydrogens (tertiary/aromatic N) is 1. The van der Waals surface area contributed by atoms with Gasteiger partial charge in [0, 0.05) is 17.8 Å². The van der Waals surface area contributed by atoms with Gasteiger partial charge < -0.3 is 19.3 Å². The van der Waals surface area contributed by atoms with Gasteiger partial charge >= 0.3 is 19.3 Å². The molecule has 0 amide bonds. The molecule has 0 spiro atoms. The molecule has 3 atom stereocenters. The van der Waals surface area contributed by atoms with Gasteiger partial charge in [-0.2, -0.15) is 0 Å². The Morgan fingerprint density at radius 3 is 2.72 bits per heavy atom. The molecule has 1 aromatic heterocycles. The fourth-order valence-electron chi connectivity index (χ4n) is 2.82. The first-order valence-corrected chi connectivity index (χ1v) is 9.51. The maximum atomic E-state index is 11.9. The van der Waals surface area contributed by atoms with Crippen molar-refractivity contribution < 1.29 is 28.6 Å². The number of aryl methyl sites for hydroxylation is 1. The molecule has 0 radical (unpaired) electrons. The molecule has 1 saturated carbocycles. The van der Waals surface area contributed by atoms with Crippen molar-refractivity contribution in [1.82, 2.24) is 9.55 Å². The van der Waals surface area contributed by atoms with Crippen LogP contribution < -0.4 is 11.2 Å². The van der Waals surface area contributed by atoms with Crippen LogP contribution in [0.1, 0.15) is 37.8 Å². The van der Waals surface area contributed by atoms with Gasteiger partial charge in [0.05, 0.1) is 12.7 Å². The molecule has 0 aromatic carbocycles. The van der Waals surface area contributed by atoms with Crippen LogP contribution in [0.3, 0.4) is 0 Å². The Kier molecular flexibility index (Phi) is 5.99. The second kappa shape index (κ2) is 7.65. The Hall–Kier alpha value is -1.74. The third kappa shape index (κ3) is 4.66. The first-order chi connectivity index (χ1) is 11.6. The Morgan fingerprint density at radius 2 is 2.12 bits per heavy atom. The molecule has 2 rings (SSSR count). The minimum absolute atomic E-state index is 0.0297. The number of carbonyl (C=O) groups is 1. The molecule has 0 saturated heterocycles. The molecule has 1 aliphatic carbocycles. The lowest BCUT2D eigenvalue weighted by Gasteiger charge is -2.21. The molecule has 1 aliphatic rings. The SMILES string of the molecule is CCOC(=O)C(O[C@@H]1CC[C@H](n2cc(C)c(=O)[nH]c2=O)C1)P(=O)(O)O. The number of aromatic amines is 1. The summed E-state index contributed by atoms with van der Waals surface area (Å²) >= 11 is 0. The van der Waals surface area contributed by atoms with E-state index in [2.05, 4.69) is 9.72 Å². The molecule has 25 heavy (non-hydrogen) atoms. The standard InChI is InChI=1S/C14H21N2O8P/c1-3-23-12(18)13(25(20,21)22)24-10-5-4-9(6-10)16-7-8(2)11(17)15-14(16)19/h7,9-10,13H,3-6H2,1-2H3,(H,15,17,19)(H2,20,21,22)/t9-,10+,13?/m0/s1. The smallest absolute Gasteiger partial charge is 0.365 e. The summed E-state index contributed by atoms with van der Waals surface area (Å²) in [6, 6.07) is -0.298. The van der Waals surface area contributed by atoms with Crippen molar-refractivity contribution in [3.8, 4) is 0 Å². The van der Waals surface area contributed by atoms with Crippen molar-refractivity contribution in [3.63, 3.8) is 0 Å². The molecular formula is C14H21N2O8P. The highest BCUT2D eigenvalue weighted by Gasteiger charge is 2.42. The van der Waals surface area contributed by atoms with Crippen molar-refractivity contribution >= 4 is 13.6 Å². The van der Waals surface area contributed by atoms with Crippen molar-refractivity contribution in [2.75, 3.05) is 6.61 Å². The van der Waals surface area contributed by atoms with Crippen molar-refractivity contribution in [2.45, 2.75) is 51.1 Å². The van der Waals surface area contributed by atoms with Crippen LogP contribution in [0.15, 0.2) is 15.8 Å². The fourth-order valence-corrected chi connectivity index (χ4v) is 3.50. The van der Waals surface area contributed by atoms with Crippen molar-refractivity contribution in [2.24, 2.45) is 0 Å². The van der Waals surface area contributed by atoms with Gasteiger partial charge in [-0.25, -0.2) is 9.59 Å². The molecule has 0 bridgehead atoms. The van der Waals surface area contributed by atoms with Crippen LogP contribution in [-0.2, 0) is 18.8 Å². The quantitative estimate of drug-likeness (QED) is 0.465. The van der Waals surface area contributed by atoms with Crippen LogP contribution in [0.5, 0.6) is 0 Å². The largest absolute Gasteiger partial charge is 0.464 e. The summed E-state index contributed by atoms with van der Waals surface area (Å²) in [7, 11) is -4.84. The highest BCUT2D eigenvalue weighted by atomic mass is 31.2. The summed E-state index contributed by atoms with van der Waals surface area (Å²) in [4.78, 5) is 55.9. The average molecular weight is 376 g/mol. The number of carbonyl (C=O) groups excluding carboxylic acids is 1. The van der Waals surface area contributed by atoms with Gasteiger partial charge in [0.25, 0.3) is 11.4 Å². The molecule has 1 aromatic rings. The normalized spacial score (nSPS) is 21.9. The van der Waals surface area contributed by atoms with Crippen LogP contribution in [0, 0.1) is 6.92 Å². The fraction of sp³-hybridized carbons (Fsp3) is 0.643. The van der Waals surface area contributed by atoms with Crippen LogP contribution in [0.2, 0.25) is 0 Å². The molecule has 1 unspecified atom stereocenters. The predicted molar refractivity (Wildman–Crippen MR) is 86.3 cm³/mol. The summed E-state index contributed by atoms with van der Waals surface area (Å²) in [6.45, 7) is 3.06. The van der Waals surface area contributed by atoms with Gasteiger partial charge in [0.2, 0.25) is 0 Å². The molecule has 11 heteroatoms. The van der Waals surface area contributed by atoms with Crippen molar-refractivity contribution in [3.05, 3.63) is 32.6 Å². The molecular weight excluding hydrogens is 355 g/mol. The number of aromatic nitrogens is 2. The minimum atomic E-state index is -4.84. The van der Waals surface area contributed by atoms with Gasteiger partial charge in [-0.05, 0) is 33.1 Å². The number of hydrogen-bond donors (Lipinski definition) is 3. The van der Waals surface area contributed by atoms with E-state index in [-0.39, 0.29) is 19.1 Å². The third-order valence-electron chi connectivity index (χ3n) is 4.01. The molecule has 1 heterocycles. The van der Waals surface area contributed by atoms with E-state index in [1.165, 1.54) is 17.7 Å². The zero-order valence-electron chi connectivity index (χ0n) is 13.9. The van der Waals surface area contributed by atoms with E-state index in [1.807, 2.05) is 0 Å².